The minimum Gasteiger partial charge on any atom is -0.336 e. The molecule has 2 unspecified atom stereocenters. The first kappa shape index (κ1) is 23.9. The fourth-order valence-corrected chi connectivity index (χ4v) is 3.42. The molecule has 0 bridgehead atoms. The van der Waals surface area contributed by atoms with Gasteiger partial charge in [-0.25, -0.2) is 0 Å². The summed E-state index contributed by atoms with van der Waals surface area (Å²) in [4.78, 5) is 14.3. The third kappa shape index (κ3) is 5.73. The first-order valence-corrected chi connectivity index (χ1v) is 10.2. The van der Waals surface area contributed by atoms with Crippen LogP contribution in [-0.2, 0) is 6.18 Å². The van der Waals surface area contributed by atoms with E-state index in [-0.39, 0.29) is 17.8 Å². The van der Waals surface area contributed by atoms with E-state index in [0.717, 1.165) is 11.6 Å². The van der Waals surface area contributed by atoms with Gasteiger partial charge in [-0.2, -0.15) is 18.3 Å². The second-order valence-corrected chi connectivity index (χ2v) is 7.89. The number of aromatic amines is 1. The van der Waals surface area contributed by atoms with Crippen LogP contribution in [0.4, 0.5) is 19.0 Å². The van der Waals surface area contributed by atoms with Crippen molar-refractivity contribution in [3.8, 4) is 0 Å². The number of alkyl halides is 3. The lowest BCUT2D eigenvalue weighted by atomic mass is 10.1. The summed E-state index contributed by atoms with van der Waals surface area (Å²) in [6.45, 7) is 1.82. The number of aromatic nitrogens is 2. The highest BCUT2D eigenvalue weighted by Crippen LogP contribution is 2.29. The van der Waals surface area contributed by atoms with Gasteiger partial charge in [-0.1, -0.05) is 41.4 Å². The molecule has 0 fully saturated rings. The Hall–Kier alpha value is -2.75. The van der Waals surface area contributed by atoms with Crippen molar-refractivity contribution in [2.75, 3.05) is 12.4 Å². The topological polar surface area (TPSA) is 73.0 Å². The van der Waals surface area contributed by atoms with Gasteiger partial charge in [0.2, 0.25) is 0 Å². The standard InChI is InChI=1S/C21H20Cl2F3N5O/c1-12(15-5-3-4-6-16(15)23)27-20(28-18-11-17(29-30-18)21(24,25)26)31(2)19(32)13-7-9-14(22)10-8-13/h3-12,20,27H,1-2H3,(H2,28,29,30). The van der Waals surface area contributed by atoms with E-state index in [1.807, 2.05) is 24.2 Å². The molecule has 0 radical (unpaired) electrons. The number of carbonyl (C=O) groups is 1. The van der Waals surface area contributed by atoms with Gasteiger partial charge in [-0.3, -0.25) is 15.2 Å². The number of nitrogens with one attached hydrogen (secondary N) is 3. The van der Waals surface area contributed by atoms with Gasteiger partial charge in [0.25, 0.3) is 5.91 Å². The molecule has 1 amide bonds. The van der Waals surface area contributed by atoms with Gasteiger partial charge >= 0.3 is 6.18 Å². The molecule has 3 aromatic rings. The predicted octanol–water partition coefficient (Wildman–Crippen LogP) is 5.55. The number of anilines is 1. The van der Waals surface area contributed by atoms with Gasteiger partial charge in [0, 0.05) is 34.8 Å². The summed E-state index contributed by atoms with van der Waals surface area (Å²) in [5, 5.41) is 12.6. The van der Waals surface area contributed by atoms with Crippen molar-refractivity contribution in [2.24, 2.45) is 0 Å². The quantitative estimate of drug-likeness (QED) is 0.383. The maximum atomic E-state index is 13.0. The Kier molecular flexibility index (Phi) is 7.33. The van der Waals surface area contributed by atoms with Crippen molar-refractivity contribution >= 4 is 34.9 Å². The SMILES string of the molecule is CC(NC(Nc1cc(C(F)(F)F)[nH]n1)N(C)C(=O)c1ccc(Cl)cc1)c1ccccc1Cl. The fourth-order valence-electron chi connectivity index (χ4n) is 3.00. The molecule has 3 rings (SSSR count). The molecule has 0 spiro atoms. The zero-order valence-corrected chi connectivity index (χ0v) is 18.6. The van der Waals surface area contributed by atoms with Gasteiger partial charge in [0.05, 0.1) is 0 Å². The molecular weight excluding hydrogens is 466 g/mol. The number of amides is 1. The Labute approximate surface area is 192 Å². The molecule has 1 heterocycles. The molecule has 3 N–H and O–H groups in total. The molecule has 0 aliphatic carbocycles. The average molecular weight is 486 g/mol. The second kappa shape index (κ2) is 9.81. The first-order chi connectivity index (χ1) is 15.1. The van der Waals surface area contributed by atoms with Crippen LogP contribution in [0.5, 0.6) is 0 Å². The van der Waals surface area contributed by atoms with E-state index < -0.39 is 18.2 Å². The highest BCUT2D eigenvalue weighted by Gasteiger charge is 2.33. The van der Waals surface area contributed by atoms with Crippen LogP contribution < -0.4 is 10.6 Å². The molecule has 2 aromatic carbocycles. The summed E-state index contributed by atoms with van der Waals surface area (Å²) >= 11 is 12.2. The van der Waals surface area contributed by atoms with Gasteiger partial charge < -0.3 is 10.2 Å². The fraction of sp³-hybridized carbons (Fsp3) is 0.238. The predicted molar refractivity (Wildman–Crippen MR) is 118 cm³/mol. The van der Waals surface area contributed by atoms with Crippen LogP contribution in [0.2, 0.25) is 10.0 Å². The van der Waals surface area contributed by atoms with Crippen molar-refractivity contribution in [3.63, 3.8) is 0 Å². The Morgan fingerprint density at radius 3 is 2.38 bits per heavy atom. The highest BCUT2D eigenvalue weighted by atomic mass is 35.5. The third-order valence-corrected chi connectivity index (χ3v) is 5.34. The van der Waals surface area contributed by atoms with Crippen LogP contribution in [0.15, 0.2) is 54.6 Å². The molecule has 170 valence electrons. The van der Waals surface area contributed by atoms with Gasteiger partial charge in [-0.05, 0) is 42.8 Å². The smallest absolute Gasteiger partial charge is 0.336 e. The molecule has 11 heteroatoms. The van der Waals surface area contributed by atoms with Crippen molar-refractivity contribution in [1.29, 1.82) is 0 Å². The molecule has 0 aliphatic heterocycles. The summed E-state index contributed by atoms with van der Waals surface area (Å²) < 4.78 is 38.9. The minimum absolute atomic E-state index is 0.0862. The lowest BCUT2D eigenvalue weighted by molar-refractivity contribution is -0.141. The molecule has 0 saturated heterocycles. The van der Waals surface area contributed by atoms with Crippen LogP contribution in [0.25, 0.3) is 0 Å². The van der Waals surface area contributed by atoms with E-state index in [1.54, 1.807) is 36.4 Å². The van der Waals surface area contributed by atoms with Crippen molar-refractivity contribution in [3.05, 3.63) is 81.5 Å². The van der Waals surface area contributed by atoms with E-state index in [0.29, 0.717) is 15.6 Å². The van der Waals surface area contributed by atoms with Crippen molar-refractivity contribution < 1.29 is 18.0 Å². The van der Waals surface area contributed by atoms with Crippen LogP contribution in [-0.4, -0.2) is 34.3 Å². The molecule has 6 nitrogen and oxygen atoms in total. The van der Waals surface area contributed by atoms with E-state index in [1.165, 1.54) is 11.9 Å². The van der Waals surface area contributed by atoms with Crippen LogP contribution in [0, 0.1) is 0 Å². The van der Waals surface area contributed by atoms with Crippen LogP contribution in [0.1, 0.15) is 34.6 Å². The van der Waals surface area contributed by atoms with E-state index in [4.69, 9.17) is 23.2 Å². The van der Waals surface area contributed by atoms with Crippen LogP contribution in [0.3, 0.4) is 0 Å². The van der Waals surface area contributed by atoms with Gasteiger partial charge in [-0.15, -0.1) is 0 Å². The number of rotatable bonds is 7. The number of hydrogen-bond donors (Lipinski definition) is 3. The zero-order valence-electron chi connectivity index (χ0n) is 17.0. The Balaban J connectivity index is 1.87. The number of H-pyrrole nitrogens is 1. The van der Waals surface area contributed by atoms with Gasteiger partial charge in [0.1, 0.15) is 5.69 Å². The summed E-state index contributed by atoms with van der Waals surface area (Å²) in [6.07, 6.45) is -5.50. The summed E-state index contributed by atoms with van der Waals surface area (Å²) in [5.74, 6) is -0.471. The lowest BCUT2D eigenvalue weighted by Gasteiger charge is -2.32. The molecular formula is C21H20Cl2F3N5O. The number of benzene rings is 2. The first-order valence-electron chi connectivity index (χ1n) is 9.48. The normalized spacial score (nSPS) is 13.5. The Morgan fingerprint density at radius 2 is 1.78 bits per heavy atom. The highest BCUT2D eigenvalue weighted by molar-refractivity contribution is 6.31. The Morgan fingerprint density at radius 1 is 1.12 bits per heavy atom. The summed E-state index contributed by atoms with van der Waals surface area (Å²) in [5.41, 5.74) is 0.102. The number of nitrogens with zero attached hydrogens (tertiary/aromatic N) is 2. The molecule has 2 atom stereocenters. The monoisotopic (exact) mass is 485 g/mol. The molecule has 0 aliphatic rings. The second-order valence-electron chi connectivity index (χ2n) is 7.04. The van der Waals surface area contributed by atoms with Crippen LogP contribution >= 0.6 is 23.2 Å². The maximum absolute atomic E-state index is 13.0. The summed E-state index contributed by atoms with van der Waals surface area (Å²) in [6, 6.07) is 13.9. The Bertz CT molecular complexity index is 1070. The third-order valence-electron chi connectivity index (χ3n) is 4.75. The van der Waals surface area contributed by atoms with E-state index in [9.17, 15) is 18.0 Å². The minimum atomic E-state index is -4.58. The lowest BCUT2D eigenvalue weighted by Crippen LogP contribution is -2.52. The van der Waals surface area contributed by atoms with E-state index in [2.05, 4.69) is 15.7 Å². The number of halogens is 5. The zero-order chi connectivity index (χ0) is 23.5. The van der Waals surface area contributed by atoms with Gasteiger partial charge in [0.15, 0.2) is 12.1 Å². The number of carbonyl (C=O) groups excluding carboxylic acids is 1. The van der Waals surface area contributed by atoms with Crippen molar-refractivity contribution in [1.82, 2.24) is 20.4 Å². The van der Waals surface area contributed by atoms with Crippen molar-refractivity contribution in [2.45, 2.75) is 25.4 Å². The van der Waals surface area contributed by atoms with E-state index >= 15 is 0 Å². The average Bonchev–Trinajstić information content (AvgIpc) is 3.22. The molecule has 1 aromatic heterocycles. The molecule has 32 heavy (non-hydrogen) atoms. The summed E-state index contributed by atoms with van der Waals surface area (Å²) in [7, 11) is 1.51. The molecule has 0 saturated carbocycles. The largest absolute Gasteiger partial charge is 0.432 e. The maximum Gasteiger partial charge on any atom is 0.432 e. The number of hydrogen-bond acceptors (Lipinski definition) is 4.